The highest BCUT2D eigenvalue weighted by Gasteiger charge is 2.22. The third-order valence-corrected chi connectivity index (χ3v) is 3.06. The summed E-state index contributed by atoms with van der Waals surface area (Å²) in [5, 5.41) is 3.43. The lowest BCUT2D eigenvalue weighted by Crippen LogP contribution is -2.23. The minimum atomic E-state index is 1.10. The molecule has 1 heteroatoms. The fraction of sp³-hybridized carbons (Fsp3) is 0.333. The van der Waals surface area contributed by atoms with E-state index in [-0.39, 0.29) is 0 Å². The molecule has 1 aliphatic heterocycles. The summed E-state index contributed by atoms with van der Waals surface area (Å²) in [6.07, 6.45) is 2.39. The van der Waals surface area contributed by atoms with Crippen LogP contribution in [0.4, 0.5) is 0 Å². The summed E-state index contributed by atoms with van der Waals surface area (Å²) in [4.78, 5) is 0. The number of fused-ring (bicyclic) bond motifs is 2. The molecule has 1 N–H and O–H groups in total. The van der Waals surface area contributed by atoms with Gasteiger partial charge in [-0.05, 0) is 41.7 Å². The van der Waals surface area contributed by atoms with Crippen LogP contribution in [0.2, 0.25) is 0 Å². The Balaban J connectivity index is 2.12. The van der Waals surface area contributed by atoms with E-state index in [1.165, 1.54) is 24.0 Å². The van der Waals surface area contributed by atoms with Crippen LogP contribution in [0.1, 0.15) is 17.5 Å². The van der Waals surface area contributed by atoms with Gasteiger partial charge in [-0.25, -0.2) is 0 Å². The van der Waals surface area contributed by atoms with Crippen LogP contribution in [0.3, 0.4) is 0 Å². The molecule has 13 heavy (non-hydrogen) atoms. The third-order valence-electron chi connectivity index (χ3n) is 3.06. The highest BCUT2D eigenvalue weighted by atomic mass is 14.9. The molecule has 1 aromatic carbocycles. The van der Waals surface area contributed by atoms with Crippen molar-refractivity contribution in [3.63, 3.8) is 0 Å². The van der Waals surface area contributed by atoms with Gasteiger partial charge in [0.15, 0.2) is 0 Å². The van der Waals surface area contributed by atoms with Crippen molar-refractivity contribution in [2.75, 3.05) is 13.1 Å². The van der Waals surface area contributed by atoms with Gasteiger partial charge < -0.3 is 5.32 Å². The Morgan fingerprint density at radius 3 is 3.08 bits per heavy atom. The van der Waals surface area contributed by atoms with Crippen LogP contribution < -0.4 is 5.32 Å². The number of rotatable bonds is 0. The largest absolute Gasteiger partial charge is 0.313 e. The fourth-order valence-electron chi connectivity index (χ4n) is 2.43. The van der Waals surface area contributed by atoms with Crippen LogP contribution >= 0.6 is 0 Å². The molecule has 1 aromatic rings. The smallest absolute Gasteiger partial charge is 0.0174 e. The second kappa shape index (κ2) is 2.71. The van der Waals surface area contributed by atoms with Crippen LogP contribution in [0, 0.1) is 0 Å². The Kier molecular flexibility index (Phi) is 1.53. The third kappa shape index (κ3) is 1.04. The molecular formula is C12H13N. The number of nitrogens with one attached hydrogen (secondary N) is 1. The normalized spacial score (nSPS) is 20.0. The van der Waals surface area contributed by atoms with E-state index < -0.39 is 0 Å². The Hall–Kier alpha value is -1.08. The van der Waals surface area contributed by atoms with Crippen LogP contribution in [0.15, 0.2) is 29.8 Å². The summed E-state index contributed by atoms with van der Waals surface area (Å²) in [7, 11) is 0. The predicted octanol–water partition coefficient (Wildman–Crippen LogP) is 1.99. The molecule has 2 aliphatic rings. The molecule has 0 radical (unpaired) electrons. The minimum absolute atomic E-state index is 1.10. The van der Waals surface area contributed by atoms with Crippen LogP contribution in [0.5, 0.6) is 0 Å². The first kappa shape index (κ1) is 7.34. The van der Waals surface area contributed by atoms with Crippen molar-refractivity contribution in [1.29, 1.82) is 0 Å². The summed E-state index contributed by atoms with van der Waals surface area (Å²) in [6, 6.07) is 8.82. The first-order valence-corrected chi connectivity index (χ1v) is 4.95. The molecule has 0 bridgehead atoms. The summed E-state index contributed by atoms with van der Waals surface area (Å²) in [5.41, 5.74) is 6.28. The maximum Gasteiger partial charge on any atom is 0.0174 e. The lowest BCUT2D eigenvalue weighted by Gasteiger charge is -2.15. The average molecular weight is 171 g/mol. The molecule has 66 valence electrons. The molecule has 0 fully saturated rings. The van der Waals surface area contributed by atoms with Crippen LogP contribution in [-0.2, 0) is 6.42 Å². The number of benzene rings is 1. The Labute approximate surface area is 78.5 Å². The maximum atomic E-state index is 3.43. The Morgan fingerprint density at radius 1 is 1.15 bits per heavy atom. The van der Waals surface area contributed by atoms with Gasteiger partial charge in [0.1, 0.15) is 0 Å². The fourth-order valence-corrected chi connectivity index (χ4v) is 2.43. The van der Waals surface area contributed by atoms with E-state index in [1.807, 2.05) is 0 Å². The summed E-state index contributed by atoms with van der Waals surface area (Å²) < 4.78 is 0. The van der Waals surface area contributed by atoms with E-state index in [9.17, 15) is 0 Å². The van der Waals surface area contributed by atoms with Gasteiger partial charge in [0.25, 0.3) is 0 Å². The monoisotopic (exact) mass is 171 g/mol. The number of hydrogen-bond acceptors (Lipinski definition) is 1. The first-order chi connectivity index (χ1) is 6.45. The molecule has 0 atom stereocenters. The van der Waals surface area contributed by atoms with E-state index in [4.69, 9.17) is 0 Å². The van der Waals surface area contributed by atoms with E-state index in [1.54, 1.807) is 11.1 Å². The van der Waals surface area contributed by atoms with Crippen molar-refractivity contribution in [3.05, 3.63) is 41.0 Å². The molecule has 0 amide bonds. The molecule has 0 unspecified atom stereocenters. The Bertz CT molecular complexity index is 376. The summed E-state index contributed by atoms with van der Waals surface area (Å²) >= 11 is 0. The van der Waals surface area contributed by atoms with Gasteiger partial charge in [0.2, 0.25) is 0 Å². The summed E-state index contributed by atoms with van der Waals surface area (Å²) in [6.45, 7) is 2.25. The van der Waals surface area contributed by atoms with Crippen LogP contribution in [-0.4, -0.2) is 13.1 Å². The van der Waals surface area contributed by atoms with Crippen molar-refractivity contribution in [1.82, 2.24) is 5.32 Å². The van der Waals surface area contributed by atoms with Gasteiger partial charge in [0.05, 0.1) is 0 Å². The predicted molar refractivity (Wildman–Crippen MR) is 54.6 cm³/mol. The molecule has 1 heterocycles. The van der Waals surface area contributed by atoms with E-state index in [2.05, 4.69) is 29.6 Å². The quantitative estimate of drug-likeness (QED) is 0.629. The highest BCUT2D eigenvalue weighted by Crippen LogP contribution is 2.35. The first-order valence-electron chi connectivity index (χ1n) is 4.95. The van der Waals surface area contributed by atoms with Crippen molar-refractivity contribution < 1.29 is 0 Å². The van der Waals surface area contributed by atoms with Crippen molar-refractivity contribution >= 4 is 5.57 Å². The van der Waals surface area contributed by atoms with Crippen molar-refractivity contribution in [2.24, 2.45) is 0 Å². The van der Waals surface area contributed by atoms with Gasteiger partial charge in [-0.15, -0.1) is 0 Å². The molecular weight excluding hydrogens is 158 g/mol. The SMILES string of the molecule is c1ccc2c(c1)CC1=C2CCNC1. The Morgan fingerprint density at radius 2 is 2.08 bits per heavy atom. The van der Waals surface area contributed by atoms with Gasteiger partial charge in [-0.2, -0.15) is 0 Å². The molecule has 0 saturated heterocycles. The van der Waals surface area contributed by atoms with E-state index in [0.29, 0.717) is 0 Å². The van der Waals surface area contributed by atoms with Gasteiger partial charge in [-0.3, -0.25) is 0 Å². The van der Waals surface area contributed by atoms with Gasteiger partial charge in [0, 0.05) is 6.54 Å². The zero-order valence-electron chi connectivity index (χ0n) is 7.64. The van der Waals surface area contributed by atoms with Crippen LogP contribution in [0.25, 0.3) is 5.57 Å². The summed E-state index contributed by atoms with van der Waals surface area (Å²) in [5.74, 6) is 0. The molecule has 1 nitrogen and oxygen atoms in total. The lowest BCUT2D eigenvalue weighted by atomic mass is 10.0. The number of hydrogen-bond donors (Lipinski definition) is 1. The topological polar surface area (TPSA) is 12.0 Å². The maximum absolute atomic E-state index is 3.43. The lowest BCUT2D eigenvalue weighted by molar-refractivity contribution is 0.711. The minimum Gasteiger partial charge on any atom is -0.313 e. The molecule has 0 aromatic heterocycles. The van der Waals surface area contributed by atoms with Gasteiger partial charge in [-0.1, -0.05) is 24.3 Å². The molecule has 0 spiro atoms. The van der Waals surface area contributed by atoms with E-state index >= 15 is 0 Å². The van der Waals surface area contributed by atoms with E-state index in [0.717, 1.165) is 13.1 Å². The zero-order chi connectivity index (χ0) is 8.67. The van der Waals surface area contributed by atoms with Crippen molar-refractivity contribution in [2.45, 2.75) is 12.8 Å². The standard InChI is InChI=1S/C12H13N/c1-2-4-11-9(3-1)7-10-8-13-6-5-12(10)11/h1-4,13H,5-8H2. The molecule has 0 saturated carbocycles. The second-order valence-electron chi connectivity index (χ2n) is 3.84. The average Bonchev–Trinajstić information content (AvgIpc) is 2.56. The second-order valence-corrected chi connectivity index (χ2v) is 3.84. The van der Waals surface area contributed by atoms with Crippen molar-refractivity contribution in [3.8, 4) is 0 Å². The molecule has 1 aliphatic carbocycles. The highest BCUT2D eigenvalue weighted by molar-refractivity contribution is 5.77. The zero-order valence-corrected chi connectivity index (χ0v) is 7.64. The molecule has 3 rings (SSSR count). The van der Waals surface area contributed by atoms with Gasteiger partial charge >= 0.3 is 0 Å².